The van der Waals surface area contributed by atoms with Gasteiger partial charge in [-0.25, -0.2) is 0 Å². The Labute approximate surface area is 53.1 Å². The molecule has 1 unspecified atom stereocenters. The summed E-state index contributed by atoms with van der Waals surface area (Å²) in [4.78, 5) is 8.20. The second kappa shape index (κ2) is 2.31. The standard InChI is InChI=1S/C5H8N2S/c1-4-6-3-8-5(2)7-4/h3-4H,1-2H3. The first-order chi connectivity index (χ1) is 3.79. The molecular formula is C5H8N2S. The third kappa shape index (κ3) is 1.33. The number of nitrogens with zero attached hydrogens (tertiary/aromatic N) is 2. The molecule has 0 radical (unpaired) electrons. The highest BCUT2D eigenvalue weighted by atomic mass is 32.2. The van der Waals surface area contributed by atoms with Gasteiger partial charge >= 0.3 is 0 Å². The first kappa shape index (κ1) is 5.82. The molecule has 1 rings (SSSR count). The summed E-state index contributed by atoms with van der Waals surface area (Å²) in [5.74, 6) is 0. The number of thioether (sulfide) groups is 1. The van der Waals surface area contributed by atoms with Gasteiger partial charge in [-0.05, 0) is 13.8 Å². The van der Waals surface area contributed by atoms with Crippen LogP contribution in [-0.2, 0) is 0 Å². The molecule has 0 spiro atoms. The highest BCUT2D eigenvalue weighted by molar-refractivity contribution is 8.25. The van der Waals surface area contributed by atoms with Gasteiger partial charge in [0.15, 0.2) is 0 Å². The van der Waals surface area contributed by atoms with Crippen LogP contribution in [0.2, 0.25) is 0 Å². The van der Waals surface area contributed by atoms with Gasteiger partial charge in [0.25, 0.3) is 0 Å². The summed E-state index contributed by atoms with van der Waals surface area (Å²) in [6.45, 7) is 3.96. The fraction of sp³-hybridized carbons (Fsp3) is 0.600. The third-order valence-electron chi connectivity index (χ3n) is 0.868. The molecule has 0 fully saturated rings. The summed E-state index contributed by atoms with van der Waals surface area (Å²) in [5, 5.41) is 1.10. The van der Waals surface area contributed by atoms with Crippen molar-refractivity contribution in [3.05, 3.63) is 0 Å². The van der Waals surface area contributed by atoms with Crippen molar-refractivity contribution in [2.45, 2.75) is 20.0 Å². The van der Waals surface area contributed by atoms with Gasteiger partial charge in [-0.1, -0.05) is 11.8 Å². The Morgan fingerprint density at radius 3 is 2.88 bits per heavy atom. The monoisotopic (exact) mass is 128 g/mol. The van der Waals surface area contributed by atoms with Crippen LogP contribution in [-0.4, -0.2) is 16.8 Å². The van der Waals surface area contributed by atoms with Crippen molar-refractivity contribution < 1.29 is 0 Å². The predicted molar refractivity (Wildman–Crippen MR) is 38.7 cm³/mol. The number of aliphatic imine (C=N–C) groups is 2. The zero-order chi connectivity index (χ0) is 5.98. The summed E-state index contributed by atoms with van der Waals surface area (Å²) in [6, 6.07) is 0. The van der Waals surface area contributed by atoms with E-state index in [4.69, 9.17) is 0 Å². The zero-order valence-electron chi connectivity index (χ0n) is 4.96. The topological polar surface area (TPSA) is 24.7 Å². The predicted octanol–water partition coefficient (Wildman–Crippen LogP) is 1.53. The highest BCUT2D eigenvalue weighted by Gasteiger charge is 1.99. The van der Waals surface area contributed by atoms with Crippen molar-refractivity contribution in [2.24, 2.45) is 9.98 Å². The normalized spacial score (nSPS) is 27.8. The van der Waals surface area contributed by atoms with E-state index >= 15 is 0 Å². The van der Waals surface area contributed by atoms with E-state index in [0.29, 0.717) is 0 Å². The van der Waals surface area contributed by atoms with E-state index in [0.717, 1.165) is 5.04 Å². The minimum Gasteiger partial charge on any atom is -0.260 e. The van der Waals surface area contributed by atoms with Crippen molar-refractivity contribution in [1.82, 2.24) is 0 Å². The zero-order valence-corrected chi connectivity index (χ0v) is 5.77. The van der Waals surface area contributed by atoms with Crippen LogP contribution in [0.5, 0.6) is 0 Å². The van der Waals surface area contributed by atoms with Crippen LogP contribution < -0.4 is 0 Å². The molecule has 1 aliphatic rings. The average molecular weight is 128 g/mol. The van der Waals surface area contributed by atoms with Crippen LogP contribution in [0.25, 0.3) is 0 Å². The summed E-state index contributed by atoms with van der Waals surface area (Å²) in [7, 11) is 0. The Bertz CT molecular complexity index is 139. The third-order valence-corrected chi connectivity index (χ3v) is 1.54. The van der Waals surface area contributed by atoms with Crippen molar-refractivity contribution in [3.8, 4) is 0 Å². The van der Waals surface area contributed by atoms with Gasteiger partial charge < -0.3 is 0 Å². The molecule has 44 valence electrons. The van der Waals surface area contributed by atoms with E-state index in [1.807, 2.05) is 19.4 Å². The van der Waals surface area contributed by atoms with E-state index in [9.17, 15) is 0 Å². The molecule has 3 heteroatoms. The summed E-state index contributed by atoms with van der Waals surface area (Å²) >= 11 is 1.58. The van der Waals surface area contributed by atoms with Gasteiger partial charge in [0.2, 0.25) is 0 Å². The number of rotatable bonds is 0. The first-order valence-electron chi connectivity index (χ1n) is 2.52. The number of hydrogen-bond donors (Lipinski definition) is 0. The van der Waals surface area contributed by atoms with Crippen LogP contribution in [0.1, 0.15) is 13.8 Å². The van der Waals surface area contributed by atoms with Gasteiger partial charge in [-0.15, -0.1) is 0 Å². The van der Waals surface area contributed by atoms with E-state index in [1.165, 1.54) is 0 Å². The lowest BCUT2D eigenvalue weighted by Crippen LogP contribution is -2.01. The summed E-state index contributed by atoms with van der Waals surface area (Å²) < 4.78 is 0. The van der Waals surface area contributed by atoms with Crippen LogP contribution in [0.4, 0.5) is 0 Å². The molecule has 0 aromatic heterocycles. The summed E-state index contributed by atoms with van der Waals surface area (Å²) in [6.07, 6.45) is 0.149. The largest absolute Gasteiger partial charge is 0.260 e. The highest BCUT2D eigenvalue weighted by Crippen LogP contribution is 2.08. The fourth-order valence-electron chi connectivity index (χ4n) is 0.522. The maximum Gasteiger partial charge on any atom is 0.138 e. The molecule has 0 bridgehead atoms. The molecular weight excluding hydrogens is 120 g/mol. The fourth-order valence-corrected chi connectivity index (χ4v) is 1.12. The van der Waals surface area contributed by atoms with Crippen molar-refractivity contribution in [2.75, 3.05) is 0 Å². The van der Waals surface area contributed by atoms with Crippen LogP contribution in [0, 0.1) is 0 Å². The van der Waals surface area contributed by atoms with Gasteiger partial charge in [0.1, 0.15) is 6.17 Å². The maximum absolute atomic E-state index is 4.16. The molecule has 1 atom stereocenters. The van der Waals surface area contributed by atoms with Crippen molar-refractivity contribution >= 4 is 22.4 Å². The van der Waals surface area contributed by atoms with Gasteiger partial charge in [0, 0.05) is 0 Å². The van der Waals surface area contributed by atoms with Crippen LogP contribution in [0.3, 0.4) is 0 Å². The number of hydrogen-bond acceptors (Lipinski definition) is 3. The van der Waals surface area contributed by atoms with E-state index in [-0.39, 0.29) is 6.17 Å². The molecule has 1 aliphatic heterocycles. The molecule has 1 heterocycles. The molecule has 0 aromatic rings. The second-order valence-corrected chi connectivity index (χ2v) is 2.69. The summed E-state index contributed by atoms with van der Waals surface area (Å²) in [5.41, 5.74) is 1.84. The van der Waals surface area contributed by atoms with Crippen molar-refractivity contribution in [3.63, 3.8) is 0 Å². The van der Waals surface area contributed by atoms with E-state index in [1.54, 1.807) is 11.8 Å². The Balaban J connectivity index is 2.60. The second-order valence-electron chi connectivity index (χ2n) is 1.65. The Morgan fingerprint density at radius 1 is 1.75 bits per heavy atom. The Morgan fingerprint density at radius 2 is 2.50 bits per heavy atom. The van der Waals surface area contributed by atoms with Gasteiger partial charge in [0.05, 0.1) is 10.6 Å². The first-order valence-corrected chi connectivity index (χ1v) is 3.40. The average Bonchev–Trinajstić information content (AvgIpc) is 1.64. The minimum atomic E-state index is 0.149. The van der Waals surface area contributed by atoms with Gasteiger partial charge in [-0.2, -0.15) is 0 Å². The lowest BCUT2D eigenvalue weighted by Gasteiger charge is -2.05. The quantitative estimate of drug-likeness (QED) is 0.485. The van der Waals surface area contributed by atoms with E-state index < -0.39 is 0 Å². The molecule has 0 amide bonds. The molecule has 8 heavy (non-hydrogen) atoms. The Hall–Kier alpha value is -0.310. The lowest BCUT2D eigenvalue weighted by atomic mass is 10.6. The van der Waals surface area contributed by atoms with Crippen LogP contribution >= 0.6 is 11.8 Å². The molecule has 0 N–H and O–H groups in total. The molecule has 0 aliphatic carbocycles. The molecule has 0 saturated carbocycles. The van der Waals surface area contributed by atoms with Crippen molar-refractivity contribution in [1.29, 1.82) is 0 Å². The molecule has 0 aromatic carbocycles. The van der Waals surface area contributed by atoms with Gasteiger partial charge in [-0.3, -0.25) is 9.98 Å². The SMILES string of the molecule is CC1=NC(C)N=CS1. The van der Waals surface area contributed by atoms with Crippen LogP contribution in [0.15, 0.2) is 9.98 Å². The smallest absolute Gasteiger partial charge is 0.138 e. The molecule has 2 nitrogen and oxygen atoms in total. The molecule has 0 saturated heterocycles. The lowest BCUT2D eigenvalue weighted by molar-refractivity contribution is 0.801. The maximum atomic E-state index is 4.16. The Kier molecular flexibility index (Phi) is 1.68. The minimum absolute atomic E-state index is 0.149. The van der Waals surface area contributed by atoms with E-state index in [2.05, 4.69) is 9.98 Å².